The SMILES string of the molecule is NCC1(COc2cccc3c2CCCC3)CCCCC1. The molecule has 1 fully saturated rings. The summed E-state index contributed by atoms with van der Waals surface area (Å²) in [7, 11) is 0. The third-order valence-corrected chi connectivity index (χ3v) is 5.23. The maximum Gasteiger partial charge on any atom is 0.122 e. The van der Waals surface area contributed by atoms with Gasteiger partial charge < -0.3 is 10.5 Å². The van der Waals surface area contributed by atoms with Crippen molar-refractivity contribution in [2.24, 2.45) is 11.1 Å². The summed E-state index contributed by atoms with van der Waals surface area (Å²) in [6, 6.07) is 6.56. The molecule has 0 unspecified atom stereocenters. The normalized spacial score (nSPS) is 21.2. The van der Waals surface area contributed by atoms with Crippen molar-refractivity contribution in [1.29, 1.82) is 0 Å². The first-order valence-electron chi connectivity index (χ1n) is 8.27. The zero-order chi connectivity index (χ0) is 13.8. The van der Waals surface area contributed by atoms with Crippen LogP contribution in [0.3, 0.4) is 0 Å². The number of nitrogens with two attached hydrogens (primary N) is 1. The van der Waals surface area contributed by atoms with Gasteiger partial charge in [-0.2, -0.15) is 0 Å². The molecule has 1 saturated carbocycles. The second-order valence-electron chi connectivity index (χ2n) is 6.65. The molecule has 0 radical (unpaired) electrons. The van der Waals surface area contributed by atoms with E-state index < -0.39 is 0 Å². The highest BCUT2D eigenvalue weighted by atomic mass is 16.5. The second kappa shape index (κ2) is 6.17. The molecule has 0 spiro atoms. The van der Waals surface area contributed by atoms with E-state index >= 15 is 0 Å². The van der Waals surface area contributed by atoms with Gasteiger partial charge in [-0.1, -0.05) is 31.4 Å². The number of hydrogen-bond acceptors (Lipinski definition) is 2. The van der Waals surface area contributed by atoms with E-state index in [0.717, 1.165) is 18.9 Å². The average molecular weight is 273 g/mol. The fourth-order valence-corrected chi connectivity index (χ4v) is 3.82. The van der Waals surface area contributed by atoms with Gasteiger partial charge in [0.15, 0.2) is 0 Å². The van der Waals surface area contributed by atoms with Crippen LogP contribution in [0.1, 0.15) is 56.1 Å². The van der Waals surface area contributed by atoms with Crippen molar-refractivity contribution in [2.45, 2.75) is 57.8 Å². The Kier molecular flexibility index (Phi) is 4.30. The molecular formula is C18H27NO. The highest BCUT2D eigenvalue weighted by molar-refractivity contribution is 5.41. The second-order valence-corrected chi connectivity index (χ2v) is 6.65. The van der Waals surface area contributed by atoms with E-state index in [1.165, 1.54) is 68.9 Å². The number of aryl methyl sites for hydroxylation is 1. The number of rotatable bonds is 4. The Hall–Kier alpha value is -1.02. The number of ether oxygens (including phenoxy) is 1. The molecule has 1 aromatic carbocycles. The summed E-state index contributed by atoms with van der Waals surface area (Å²) in [5.74, 6) is 1.13. The molecule has 110 valence electrons. The molecule has 2 aliphatic rings. The summed E-state index contributed by atoms with van der Waals surface area (Å²) >= 11 is 0. The molecule has 20 heavy (non-hydrogen) atoms. The lowest BCUT2D eigenvalue weighted by atomic mass is 9.75. The smallest absolute Gasteiger partial charge is 0.122 e. The fraction of sp³-hybridized carbons (Fsp3) is 0.667. The van der Waals surface area contributed by atoms with Gasteiger partial charge in [-0.05, 0) is 55.7 Å². The van der Waals surface area contributed by atoms with Crippen molar-refractivity contribution < 1.29 is 4.74 Å². The van der Waals surface area contributed by atoms with Crippen molar-refractivity contribution in [3.63, 3.8) is 0 Å². The molecule has 1 aromatic rings. The average Bonchev–Trinajstić information content (AvgIpc) is 2.54. The summed E-state index contributed by atoms with van der Waals surface area (Å²) in [4.78, 5) is 0. The number of hydrogen-bond donors (Lipinski definition) is 1. The fourth-order valence-electron chi connectivity index (χ4n) is 3.82. The van der Waals surface area contributed by atoms with E-state index in [1.807, 2.05) is 0 Å². The van der Waals surface area contributed by atoms with Crippen molar-refractivity contribution in [3.05, 3.63) is 29.3 Å². The van der Waals surface area contributed by atoms with Gasteiger partial charge in [0, 0.05) is 12.0 Å². The third kappa shape index (κ3) is 2.85. The van der Waals surface area contributed by atoms with Crippen LogP contribution in [0.5, 0.6) is 5.75 Å². The van der Waals surface area contributed by atoms with E-state index in [-0.39, 0.29) is 5.41 Å². The van der Waals surface area contributed by atoms with Crippen LogP contribution in [-0.2, 0) is 12.8 Å². The summed E-state index contributed by atoms with van der Waals surface area (Å²) < 4.78 is 6.26. The van der Waals surface area contributed by atoms with E-state index in [0.29, 0.717) is 0 Å². The topological polar surface area (TPSA) is 35.2 Å². The lowest BCUT2D eigenvalue weighted by Crippen LogP contribution is -2.38. The first kappa shape index (κ1) is 13.9. The molecule has 0 bridgehead atoms. The van der Waals surface area contributed by atoms with Gasteiger partial charge in [-0.25, -0.2) is 0 Å². The molecule has 2 N–H and O–H groups in total. The van der Waals surface area contributed by atoms with Crippen molar-refractivity contribution in [2.75, 3.05) is 13.2 Å². The molecule has 0 saturated heterocycles. The molecule has 2 heteroatoms. The predicted octanol–water partition coefficient (Wildman–Crippen LogP) is 3.85. The Morgan fingerprint density at radius 1 is 1.00 bits per heavy atom. The van der Waals surface area contributed by atoms with Crippen LogP contribution < -0.4 is 10.5 Å². The summed E-state index contributed by atoms with van der Waals surface area (Å²) in [5.41, 5.74) is 9.25. The highest BCUT2D eigenvalue weighted by Crippen LogP contribution is 2.37. The van der Waals surface area contributed by atoms with Crippen molar-refractivity contribution >= 4 is 0 Å². The molecule has 0 aliphatic heterocycles. The van der Waals surface area contributed by atoms with E-state index in [2.05, 4.69) is 18.2 Å². The molecule has 3 rings (SSSR count). The standard InChI is InChI=1S/C18H27NO/c19-13-18(11-4-1-5-12-18)14-20-17-10-6-8-15-7-2-3-9-16(15)17/h6,8,10H,1-5,7,9,11-14,19H2. The van der Waals surface area contributed by atoms with Gasteiger partial charge in [0.25, 0.3) is 0 Å². The predicted molar refractivity (Wildman–Crippen MR) is 83.2 cm³/mol. The maximum atomic E-state index is 6.26. The number of benzene rings is 1. The van der Waals surface area contributed by atoms with Crippen LogP contribution in [-0.4, -0.2) is 13.2 Å². The van der Waals surface area contributed by atoms with Crippen molar-refractivity contribution in [1.82, 2.24) is 0 Å². The van der Waals surface area contributed by atoms with Crippen LogP contribution in [0.4, 0.5) is 0 Å². The Labute approximate surface area is 122 Å². The molecule has 0 atom stereocenters. The van der Waals surface area contributed by atoms with Crippen LogP contribution in [0, 0.1) is 5.41 Å². The molecule has 0 aromatic heterocycles. The van der Waals surface area contributed by atoms with Gasteiger partial charge in [0.1, 0.15) is 5.75 Å². The first-order chi connectivity index (χ1) is 9.83. The largest absolute Gasteiger partial charge is 0.493 e. The monoisotopic (exact) mass is 273 g/mol. The zero-order valence-corrected chi connectivity index (χ0v) is 12.5. The van der Waals surface area contributed by atoms with Crippen molar-refractivity contribution in [3.8, 4) is 5.75 Å². The molecule has 0 amide bonds. The van der Waals surface area contributed by atoms with Crippen LogP contribution in [0.2, 0.25) is 0 Å². The minimum Gasteiger partial charge on any atom is -0.493 e. The zero-order valence-electron chi connectivity index (χ0n) is 12.5. The Morgan fingerprint density at radius 3 is 2.60 bits per heavy atom. The van der Waals surface area contributed by atoms with E-state index in [9.17, 15) is 0 Å². The highest BCUT2D eigenvalue weighted by Gasteiger charge is 2.31. The van der Waals surface area contributed by atoms with Gasteiger partial charge in [-0.15, -0.1) is 0 Å². The molecule has 0 heterocycles. The minimum atomic E-state index is 0.232. The number of fused-ring (bicyclic) bond motifs is 1. The van der Waals surface area contributed by atoms with E-state index in [1.54, 1.807) is 0 Å². The van der Waals surface area contributed by atoms with Crippen LogP contribution >= 0.6 is 0 Å². The lowest BCUT2D eigenvalue weighted by molar-refractivity contribution is 0.104. The Bertz CT molecular complexity index is 449. The minimum absolute atomic E-state index is 0.232. The van der Waals surface area contributed by atoms with Gasteiger partial charge in [-0.3, -0.25) is 0 Å². The molecule has 2 nitrogen and oxygen atoms in total. The lowest BCUT2D eigenvalue weighted by Gasteiger charge is -2.36. The van der Waals surface area contributed by atoms with E-state index in [4.69, 9.17) is 10.5 Å². The van der Waals surface area contributed by atoms with Gasteiger partial charge in [0.05, 0.1) is 6.61 Å². The first-order valence-corrected chi connectivity index (χ1v) is 8.27. The Morgan fingerprint density at radius 2 is 1.80 bits per heavy atom. The van der Waals surface area contributed by atoms with Gasteiger partial charge >= 0.3 is 0 Å². The third-order valence-electron chi connectivity index (χ3n) is 5.23. The summed E-state index contributed by atoms with van der Waals surface area (Å²) in [5, 5.41) is 0. The summed E-state index contributed by atoms with van der Waals surface area (Å²) in [6.07, 6.45) is 11.5. The van der Waals surface area contributed by atoms with Crippen LogP contribution in [0.25, 0.3) is 0 Å². The summed E-state index contributed by atoms with van der Waals surface area (Å²) in [6.45, 7) is 1.57. The maximum absolute atomic E-state index is 6.26. The van der Waals surface area contributed by atoms with Crippen LogP contribution in [0.15, 0.2) is 18.2 Å². The molecule has 2 aliphatic carbocycles. The van der Waals surface area contributed by atoms with Gasteiger partial charge in [0.2, 0.25) is 0 Å². The molecular weight excluding hydrogens is 246 g/mol. The quantitative estimate of drug-likeness (QED) is 0.904. The Balaban J connectivity index is 1.71.